The van der Waals surface area contributed by atoms with Gasteiger partial charge in [0, 0.05) is 12.3 Å². The molecule has 0 spiro atoms. The van der Waals surface area contributed by atoms with Crippen molar-refractivity contribution in [2.75, 3.05) is 0 Å². The number of rotatable bonds is 0. The molecular formula is C14H16FN. The van der Waals surface area contributed by atoms with E-state index in [1.807, 2.05) is 12.2 Å². The number of fused-ring (bicyclic) bond motifs is 1. The lowest BCUT2D eigenvalue weighted by molar-refractivity contribution is 0.166. The van der Waals surface area contributed by atoms with Crippen LogP contribution in [0.3, 0.4) is 0 Å². The van der Waals surface area contributed by atoms with Crippen LogP contribution in [0, 0.1) is 23.2 Å². The maximum absolute atomic E-state index is 15.0. The van der Waals surface area contributed by atoms with Crippen LogP contribution in [0.25, 0.3) is 0 Å². The molecule has 1 saturated carbocycles. The average Bonchev–Trinajstić information content (AvgIpc) is 2.29. The van der Waals surface area contributed by atoms with Crippen molar-refractivity contribution < 1.29 is 4.39 Å². The summed E-state index contributed by atoms with van der Waals surface area (Å²) >= 11 is 0. The lowest BCUT2D eigenvalue weighted by Crippen LogP contribution is -2.42. The first kappa shape index (κ1) is 10.1. The van der Waals surface area contributed by atoms with Gasteiger partial charge in [0.2, 0.25) is 0 Å². The number of allylic oxidation sites excluding steroid dienone is 4. The number of hydrogen-bond acceptors (Lipinski definition) is 1. The number of nitriles is 1. The Bertz CT molecular complexity index is 389. The monoisotopic (exact) mass is 217 g/mol. The zero-order valence-electron chi connectivity index (χ0n) is 9.38. The van der Waals surface area contributed by atoms with E-state index < -0.39 is 5.67 Å². The van der Waals surface area contributed by atoms with Crippen molar-refractivity contribution >= 4 is 0 Å². The van der Waals surface area contributed by atoms with Gasteiger partial charge in [0.05, 0.1) is 12.0 Å². The Morgan fingerprint density at radius 2 is 1.81 bits per heavy atom. The molecule has 0 unspecified atom stereocenters. The van der Waals surface area contributed by atoms with Gasteiger partial charge in [-0.2, -0.15) is 5.26 Å². The van der Waals surface area contributed by atoms with Crippen LogP contribution in [0.5, 0.6) is 0 Å². The van der Waals surface area contributed by atoms with Crippen LogP contribution in [0.15, 0.2) is 23.3 Å². The van der Waals surface area contributed by atoms with Gasteiger partial charge in [0.1, 0.15) is 0 Å². The van der Waals surface area contributed by atoms with E-state index in [0.29, 0.717) is 6.42 Å². The highest BCUT2D eigenvalue weighted by atomic mass is 19.1. The Morgan fingerprint density at radius 1 is 1.19 bits per heavy atom. The third-order valence-electron chi connectivity index (χ3n) is 4.33. The Balaban J connectivity index is 2.04. The molecular weight excluding hydrogens is 201 g/mol. The van der Waals surface area contributed by atoms with Crippen molar-refractivity contribution in [3.8, 4) is 6.07 Å². The Hall–Kier alpha value is -1.10. The molecule has 1 atom stereocenters. The van der Waals surface area contributed by atoms with Crippen molar-refractivity contribution in [3.05, 3.63) is 23.3 Å². The van der Waals surface area contributed by atoms with Crippen molar-refractivity contribution in [3.63, 3.8) is 0 Å². The van der Waals surface area contributed by atoms with Gasteiger partial charge in [-0.15, -0.1) is 0 Å². The number of halogens is 1. The topological polar surface area (TPSA) is 23.8 Å². The van der Waals surface area contributed by atoms with Crippen LogP contribution >= 0.6 is 0 Å². The molecule has 0 aliphatic heterocycles. The van der Waals surface area contributed by atoms with E-state index in [1.165, 1.54) is 6.42 Å². The SMILES string of the molecule is N#C[C@@H]1CC2(F)C3=CC1C=C2CCCCC3. The molecule has 84 valence electrons. The van der Waals surface area contributed by atoms with Crippen LogP contribution in [0.2, 0.25) is 0 Å². The summed E-state index contributed by atoms with van der Waals surface area (Å²) in [5.41, 5.74) is 0.692. The predicted molar refractivity (Wildman–Crippen MR) is 60.3 cm³/mol. The van der Waals surface area contributed by atoms with E-state index in [1.54, 1.807) is 0 Å². The normalized spacial score (nSPS) is 41.5. The maximum Gasteiger partial charge on any atom is 0.154 e. The molecule has 4 aliphatic carbocycles. The molecule has 0 amide bonds. The summed E-state index contributed by atoms with van der Waals surface area (Å²) < 4.78 is 15.0. The first-order valence-electron chi connectivity index (χ1n) is 6.25. The van der Waals surface area contributed by atoms with Crippen molar-refractivity contribution in [2.24, 2.45) is 11.8 Å². The minimum Gasteiger partial charge on any atom is -0.234 e. The highest BCUT2D eigenvalue weighted by Crippen LogP contribution is 2.52. The third-order valence-corrected chi connectivity index (χ3v) is 4.33. The first-order valence-corrected chi connectivity index (χ1v) is 6.25. The molecule has 4 aliphatic rings. The molecule has 0 radical (unpaired) electrons. The summed E-state index contributed by atoms with van der Waals surface area (Å²) in [6.07, 6.45) is 9.68. The van der Waals surface area contributed by atoms with Crippen LogP contribution < -0.4 is 0 Å². The quantitative estimate of drug-likeness (QED) is 0.568. The molecule has 0 saturated heterocycles. The maximum atomic E-state index is 15.0. The number of hydrogen-bond donors (Lipinski definition) is 0. The molecule has 4 rings (SSSR count). The molecule has 16 heavy (non-hydrogen) atoms. The predicted octanol–water partition coefficient (Wildman–Crippen LogP) is 3.68. The van der Waals surface area contributed by atoms with E-state index in [0.717, 1.165) is 36.8 Å². The second kappa shape index (κ2) is 3.45. The first-order chi connectivity index (χ1) is 7.74. The molecule has 4 bridgehead atoms. The van der Waals surface area contributed by atoms with Gasteiger partial charge in [0.25, 0.3) is 0 Å². The van der Waals surface area contributed by atoms with Crippen molar-refractivity contribution in [1.82, 2.24) is 0 Å². The lowest BCUT2D eigenvalue weighted by atomic mass is 9.62. The number of nitrogens with zero attached hydrogens (tertiary/aromatic N) is 1. The van der Waals surface area contributed by atoms with Gasteiger partial charge in [-0.25, -0.2) is 4.39 Å². The lowest BCUT2D eigenvalue weighted by Gasteiger charge is -2.44. The fraction of sp³-hybridized carbons (Fsp3) is 0.643. The summed E-state index contributed by atoms with van der Waals surface area (Å²) in [7, 11) is 0. The molecule has 0 aromatic rings. The molecule has 0 aromatic heterocycles. The second-order valence-electron chi connectivity index (χ2n) is 5.26. The third kappa shape index (κ3) is 1.27. The fourth-order valence-electron chi connectivity index (χ4n) is 3.42. The highest BCUT2D eigenvalue weighted by Gasteiger charge is 2.49. The zero-order valence-corrected chi connectivity index (χ0v) is 9.38. The van der Waals surface area contributed by atoms with Gasteiger partial charge in [0.15, 0.2) is 5.67 Å². The summed E-state index contributed by atoms with van der Waals surface area (Å²) in [5, 5.41) is 9.04. The van der Waals surface area contributed by atoms with Crippen molar-refractivity contribution in [2.45, 2.75) is 44.2 Å². The summed E-state index contributed by atoms with van der Waals surface area (Å²) in [4.78, 5) is 0. The molecule has 2 heteroatoms. The van der Waals surface area contributed by atoms with Gasteiger partial charge >= 0.3 is 0 Å². The second-order valence-corrected chi connectivity index (χ2v) is 5.26. The molecule has 0 aromatic carbocycles. The van der Waals surface area contributed by atoms with E-state index in [4.69, 9.17) is 5.26 Å². The standard InChI is InChI=1S/C14H16FN/c15-14-8-11(9-16)10-6-12(14)4-2-1-3-5-13(14)7-10/h6-7,10-11H,1-5,8H2/t10?,11-,14?/m0/s1. The Morgan fingerprint density at radius 3 is 2.38 bits per heavy atom. The van der Waals surface area contributed by atoms with E-state index in [9.17, 15) is 0 Å². The van der Waals surface area contributed by atoms with Crippen LogP contribution in [0.4, 0.5) is 4.39 Å². The smallest absolute Gasteiger partial charge is 0.154 e. The zero-order chi connectivity index (χ0) is 11.2. The average molecular weight is 217 g/mol. The minimum absolute atomic E-state index is 0.142. The largest absolute Gasteiger partial charge is 0.234 e. The van der Waals surface area contributed by atoms with Gasteiger partial charge < -0.3 is 0 Å². The Labute approximate surface area is 95.6 Å². The van der Waals surface area contributed by atoms with Crippen molar-refractivity contribution in [1.29, 1.82) is 5.26 Å². The fourth-order valence-corrected chi connectivity index (χ4v) is 3.42. The van der Waals surface area contributed by atoms with E-state index in [-0.39, 0.29) is 11.8 Å². The summed E-state index contributed by atoms with van der Waals surface area (Å²) in [6, 6.07) is 2.26. The van der Waals surface area contributed by atoms with Crippen LogP contribution in [-0.2, 0) is 0 Å². The Kier molecular flexibility index (Phi) is 2.17. The van der Waals surface area contributed by atoms with Crippen LogP contribution in [0.1, 0.15) is 38.5 Å². The summed E-state index contributed by atoms with van der Waals surface area (Å²) in [6.45, 7) is 0. The highest BCUT2D eigenvalue weighted by molar-refractivity contribution is 5.44. The molecule has 0 heterocycles. The molecule has 1 fully saturated rings. The van der Waals surface area contributed by atoms with E-state index >= 15 is 4.39 Å². The van der Waals surface area contributed by atoms with E-state index in [2.05, 4.69) is 6.07 Å². The number of alkyl halides is 1. The van der Waals surface area contributed by atoms with Crippen LogP contribution in [-0.4, -0.2) is 5.67 Å². The summed E-state index contributed by atoms with van der Waals surface area (Å²) in [5.74, 6) is 0.0441. The minimum atomic E-state index is -1.25. The van der Waals surface area contributed by atoms with Gasteiger partial charge in [-0.3, -0.25) is 0 Å². The van der Waals surface area contributed by atoms with Gasteiger partial charge in [-0.05, 0) is 36.8 Å². The molecule has 0 N–H and O–H groups in total. The van der Waals surface area contributed by atoms with Gasteiger partial charge in [-0.1, -0.05) is 18.6 Å². The molecule has 1 nitrogen and oxygen atoms in total.